The van der Waals surface area contributed by atoms with Crippen LogP contribution in [-0.4, -0.2) is 73.0 Å². The predicted molar refractivity (Wildman–Crippen MR) is 174 cm³/mol. The molecule has 2 saturated heterocycles. The van der Waals surface area contributed by atoms with Crippen LogP contribution in [0.25, 0.3) is 10.8 Å². The number of nitrogens with zero attached hydrogens (tertiary/aromatic N) is 2. The van der Waals surface area contributed by atoms with E-state index in [1.54, 1.807) is 0 Å². The zero-order valence-electron chi connectivity index (χ0n) is 25.0. The highest BCUT2D eigenvalue weighted by Gasteiger charge is 2.34. The fourth-order valence-electron chi connectivity index (χ4n) is 6.92. The van der Waals surface area contributed by atoms with Crippen LogP contribution in [-0.2, 0) is 4.79 Å². The SMILES string of the molecule is O=C(NC[C@@H]1CCN(CC(c2ccccc2)C2C=CC=CC2)C(=O)[C@H](CCN2CCCC2)N1)c1ccc2ccccc2c1. The van der Waals surface area contributed by atoms with Crippen LogP contribution in [0.1, 0.15) is 53.9 Å². The molecule has 0 radical (unpaired) electrons. The van der Waals surface area contributed by atoms with Gasteiger partial charge in [0.2, 0.25) is 5.91 Å². The van der Waals surface area contributed by atoms with E-state index < -0.39 is 0 Å². The number of allylic oxidation sites excluding steroid dienone is 4. The van der Waals surface area contributed by atoms with Gasteiger partial charge in [0, 0.05) is 43.7 Å². The molecule has 0 bridgehead atoms. The van der Waals surface area contributed by atoms with Crippen molar-refractivity contribution in [2.75, 3.05) is 39.3 Å². The van der Waals surface area contributed by atoms with Gasteiger partial charge in [-0.3, -0.25) is 9.59 Å². The average molecular weight is 577 g/mol. The lowest BCUT2D eigenvalue weighted by Gasteiger charge is -2.33. The lowest BCUT2D eigenvalue weighted by molar-refractivity contribution is -0.133. The predicted octanol–water partition coefficient (Wildman–Crippen LogP) is 5.53. The third kappa shape index (κ3) is 7.43. The van der Waals surface area contributed by atoms with E-state index in [4.69, 9.17) is 0 Å². The molecule has 6 heteroatoms. The number of amides is 2. The molecule has 2 heterocycles. The van der Waals surface area contributed by atoms with Crippen molar-refractivity contribution in [1.29, 1.82) is 0 Å². The summed E-state index contributed by atoms with van der Waals surface area (Å²) in [6, 6.07) is 24.4. The van der Waals surface area contributed by atoms with Crippen molar-refractivity contribution in [3.8, 4) is 0 Å². The Morgan fingerprint density at radius 2 is 1.72 bits per heavy atom. The van der Waals surface area contributed by atoms with Crippen molar-refractivity contribution in [3.63, 3.8) is 0 Å². The molecule has 2 unspecified atom stereocenters. The fourth-order valence-corrected chi connectivity index (χ4v) is 6.92. The van der Waals surface area contributed by atoms with Gasteiger partial charge in [0.15, 0.2) is 0 Å². The number of benzene rings is 3. The maximum Gasteiger partial charge on any atom is 0.251 e. The molecule has 2 aliphatic heterocycles. The van der Waals surface area contributed by atoms with E-state index in [0.717, 1.165) is 49.7 Å². The maximum atomic E-state index is 14.2. The molecule has 3 aliphatic rings. The van der Waals surface area contributed by atoms with Crippen molar-refractivity contribution in [1.82, 2.24) is 20.4 Å². The van der Waals surface area contributed by atoms with Crippen LogP contribution in [0.2, 0.25) is 0 Å². The van der Waals surface area contributed by atoms with E-state index in [1.807, 2.05) is 36.4 Å². The van der Waals surface area contributed by atoms with E-state index >= 15 is 0 Å². The van der Waals surface area contributed by atoms with Gasteiger partial charge in [-0.25, -0.2) is 0 Å². The highest BCUT2D eigenvalue weighted by molar-refractivity contribution is 5.98. The smallest absolute Gasteiger partial charge is 0.251 e. The van der Waals surface area contributed by atoms with Crippen LogP contribution < -0.4 is 10.6 Å². The third-order valence-electron chi connectivity index (χ3n) is 9.42. The number of carbonyl (C=O) groups excluding carboxylic acids is 2. The summed E-state index contributed by atoms with van der Waals surface area (Å²) in [5, 5.41) is 9.04. The number of carbonyl (C=O) groups is 2. The number of rotatable bonds is 10. The molecule has 224 valence electrons. The summed E-state index contributed by atoms with van der Waals surface area (Å²) in [7, 11) is 0. The van der Waals surface area contributed by atoms with Gasteiger partial charge in [-0.1, -0.05) is 85.0 Å². The lowest BCUT2D eigenvalue weighted by Crippen LogP contribution is -2.50. The summed E-state index contributed by atoms with van der Waals surface area (Å²) in [5.41, 5.74) is 1.95. The van der Waals surface area contributed by atoms with Gasteiger partial charge < -0.3 is 20.4 Å². The van der Waals surface area contributed by atoms with Crippen molar-refractivity contribution < 1.29 is 9.59 Å². The number of nitrogens with one attached hydrogen (secondary N) is 2. The molecule has 2 N–H and O–H groups in total. The van der Waals surface area contributed by atoms with Gasteiger partial charge in [-0.15, -0.1) is 0 Å². The molecule has 3 aromatic carbocycles. The molecule has 0 aromatic heterocycles. The highest BCUT2D eigenvalue weighted by atomic mass is 16.2. The number of hydrogen-bond donors (Lipinski definition) is 2. The summed E-state index contributed by atoms with van der Waals surface area (Å²) in [4.78, 5) is 31.9. The Morgan fingerprint density at radius 3 is 2.51 bits per heavy atom. The molecule has 43 heavy (non-hydrogen) atoms. The van der Waals surface area contributed by atoms with Crippen molar-refractivity contribution >= 4 is 22.6 Å². The van der Waals surface area contributed by atoms with Crippen molar-refractivity contribution in [2.45, 2.75) is 50.1 Å². The zero-order valence-corrected chi connectivity index (χ0v) is 25.0. The monoisotopic (exact) mass is 576 g/mol. The van der Waals surface area contributed by atoms with Crippen LogP contribution in [0, 0.1) is 5.92 Å². The van der Waals surface area contributed by atoms with Crippen LogP contribution in [0.4, 0.5) is 0 Å². The minimum atomic E-state index is -0.260. The highest BCUT2D eigenvalue weighted by Crippen LogP contribution is 2.32. The van der Waals surface area contributed by atoms with Gasteiger partial charge in [-0.05, 0) is 79.6 Å². The minimum absolute atomic E-state index is 0.0228. The van der Waals surface area contributed by atoms with Crippen LogP contribution in [0.5, 0.6) is 0 Å². The second-order valence-electron chi connectivity index (χ2n) is 12.3. The van der Waals surface area contributed by atoms with E-state index in [9.17, 15) is 9.59 Å². The molecule has 0 spiro atoms. The summed E-state index contributed by atoms with van der Waals surface area (Å²) < 4.78 is 0. The zero-order chi connectivity index (χ0) is 29.4. The quantitative estimate of drug-likeness (QED) is 0.333. The Hall–Kier alpha value is -3.74. The molecule has 2 amide bonds. The Labute approximate surface area is 255 Å². The summed E-state index contributed by atoms with van der Waals surface area (Å²) in [6.07, 6.45) is 13.8. The van der Waals surface area contributed by atoms with Gasteiger partial charge >= 0.3 is 0 Å². The second-order valence-corrected chi connectivity index (χ2v) is 12.3. The Balaban J connectivity index is 1.16. The first-order chi connectivity index (χ1) is 21.1. The second kappa shape index (κ2) is 14.2. The average Bonchev–Trinajstić information content (AvgIpc) is 3.54. The standard InChI is InChI=1S/C37H44N4O2/c42-36(32-18-17-28-11-7-8-16-31(28)25-32)38-26-33-19-24-41(37(43)35(39-33)20-23-40-21-9-10-22-40)27-34(29-12-3-1-4-13-29)30-14-5-2-6-15-30/h1-8,11-14,16-18,25,30,33-35,39H,9-10,15,19-24,26-27H2,(H,38,42)/t30?,33-,34?,35-/m0/s1. The first-order valence-corrected chi connectivity index (χ1v) is 16.1. The lowest BCUT2D eigenvalue weighted by atomic mass is 9.81. The Morgan fingerprint density at radius 1 is 0.930 bits per heavy atom. The maximum absolute atomic E-state index is 14.2. The van der Waals surface area contributed by atoms with Crippen LogP contribution in [0.15, 0.2) is 97.1 Å². The molecule has 6 rings (SSSR count). The van der Waals surface area contributed by atoms with Gasteiger partial charge in [0.1, 0.15) is 0 Å². The van der Waals surface area contributed by atoms with Crippen LogP contribution >= 0.6 is 0 Å². The largest absolute Gasteiger partial charge is 0.350 e. The van der Waals surface area contributed by atoms with Crippen molar-refractivity contribution in [2.24, 2.45) is 5.92 Å². The molecule has 6 nitrogen and oxygen atoms in total. The van der Waals surface area contributed by atoms with E-state index in [1.165, 1.54) is 18.4 Å². The topological polar surface area (TPSA) is 64.7 Å². The molecule has 0 saturated carbocycles. The van der Waals surface area contributed by atoms with Crippen molar-refractivity contribution in [3.05, 3.63) is 108 Å². The fraction of sp³-hybridized carbons (Fsp3) is 0.405. The molecule has 1 aliphatic carbocycles. The summed E-state index contributed by atoms with van der Waals surface area (Å²) >= 11 is 0. The van der Waals surface area contributed by atoms with Gasteiger partial charge in [-0.2, -0.15) is 0 Å². The molecular weight excluding hydrogens is 532 g/mol. The number of hydrogen-bond acceptors (Lipinski definition) is 4. The Bertz CT molecular complexity index is 1450. The van der Waals surface area contributed by atoms with Gasteiger partial charge in [0.05, 0.1) is 6.04 Å². The van der Waals surface area contributed by atoms with Gasteiger partial charge in [0.25, 0.3) is 5.91 Å². The van der Waals surface area contributed by atoms with E-state index in [2.05, 4.69) is 81.1 Å². The normalized spacial score (nSPS) is 23.4. The number of likely N-dealkylation sites (tertiary alicyclic amines) is 1. The molecule has 4 atom stereocenters. The molecule has 3 aromatic rings. The molecular formula is C37H44N4O2. The first kappa shape index (κ1) is 29.3. The van der Waals surface area contributed by atoms with E-state index in [-0.39, 0.29) is 29.8 Å². The van der Waals surface area contributed by atoms with Crippen LogP contribution in [0.3, 0.4) is 0 Å². The minimum Gasteiger partial charge on any atom is -0.350 e. The third-order valence-corrected chi connectivity index (χ3v) is 9.42. The first-order valence-electron chi connectivity index (χ1n) is 16.1. The summed E-state index contributed by atoms with van der Waals surface area (Å²) in [5.74, 6) is 0.708. The Kier molecular flexibility index (Phi) is 9.66. The molecule has 2 fully saturated rings. The summed E-state index contributed by atoms with van der Waals surface area (Å²) in [6.45, 7) is 5.03. The number of fused-ring (bicyclic) bond motifs is 1. The van der Waals surface area contributed by atoms with E-state index in [0.29, 0.717) is 31.1 Å².